The smallest absolute Gasteiger partial charge is 0.418 e. The molecule has 1 amide bonds. The van der Waals surface area contributed by atoms with Crippen molar-refractivity contribution in [1.29, 1.82) is 0 Å². The van der Waals surface area contributed by atoms with E-state index in [-0.39, 0.29) is 10.7 Å². The summed E-state index contributed by atoms with van der Waals surface area (Å²) < 4.78 is 45.1. The van der Waals surface area contributed by atoms with E-state index in [0.717, 1.165) is 23.3 Å². The van der Waals surface area contributed by atoms with E-state index in [1.165, 1.54) is 6.07 Å². The molecule has 0 spiro atoms. The summed E-state index contributed by atoms with van der Waals surface area (Å²) in [7, 11) is 0. The topological polar surface area (TPSA) is 38.3 Å². The number of nitrogens with one attached hydrogen (secondary N) is 1. The van der Waals surface area contributed by atoms with E-state index >= 15 is 0 Å². The molecule has 2 aromatic rings. The zero-order chi connectivity index (χ0) is 19.5. The molecule has 7 heteroatoms. The van der Waals surface area contributed by atoms with Crippen molar-refractivity contribution in [2.24, 2.45) is 0 Å². The Morgan fingerprint density at radius 1 is 1.15 bits per heavy atom. The van der Waals surface area contributed by atoms with Crippen molar-refractivity contribution >= 4 is 23.2 Å². The minimum atomic E-state index is -4.63. The van der Waals surface area contributed by atoms with Crippen LogP contribution in [0.4, 0.5) is 18.9 Å². The normalized spacial score (nSPS) is 12.6. The molecule has 3 nitrogen and oxygen atoms in total. The van der Waals surface area contributed by atoms with Crippen molar-refractivity contribution in [2.75, 3.05) is 5.32 Å². The number of hydrogen-bond acceptors (Lipinski definition) is 2. The van der Waals surface area contributed by atoms with Gasteiger partial charge >= 0.3 is 6.18 Å². The summed E-state index contributed by atoms with van der Waals surface area (Å²) in [4.78, 5) is 12.4. The van der Waals surface area contributed by atoms with Crippen molar-refractivity contribution in [3.05, 3.63) is 58.1 Å². The second-order valence-electron chi connectivity index (χ2n) is 5.94. The highest BCUT2D eigenvalue weighted by Gasteiger charge is 2.34. The molecule has 2 rings (SSSR count). The quantitative estimate of drug-likeness (QED) is 0.709. The lowest BCUT2D eigenvalue weighted by Crippen LogP contribution is -2.33. The Labute approximate surface area is 155 Å². The summed E-state index contributed by atoms with van der Waals surface area (Å²) in [5.41, 5.74) is 0.717. The highest BCUT2D eigenvalue weighted by atomic mass is 35.5. The van der Waals surface area contributed by atoms with Crippen molar-refractivity contribution in [1.82, 2.24) is 0 Å². The summed E-state index contributed by atoms with van der Waals surface area (Å²) >= 11 is 5.65. The van der Waals surface area contributed by atoms with E-state index < -0.39 is 23.8 Å². The Kier molecular flexibility index (Phi) is 6.18. The van der Waals surface area contributed by atoms with Crippen molar-refractivity contribution < 1.29 is 22.7 Å². The van der Waals surface area contributed by atoms with Crippen LogP contribution in [0, 0.1) is 13.8 Å². The molecule has 0 unspecified atom stereocenters. The molecule has 26 heavy (non-hydrogen) atoms. The second kappa shape index (κ2) is 7.99. The summed E-state index contributed by atoms with van der Waals surface area (Å²) in [6, 6.07) is 8.57. The fourth-order valence-corrected chi connectivity index (χ4v) is 2.52. The van der Waals surface area contributed by atoms with Crippen LogP contribution in [0.3, 0.4) is 0 Å². The first-order valence-electron chi connectivity index (χ1n) is 8.03. The molecule has 0 saturated carbocycles. The number of hydrogen-bond donors (Lipinski definition) is 1. The Morgan fingerprint density at radius 3 is 2.42 bits per heavy atom. The van der Waals surface area contributed by atoms with E-state index in [9.17, 15) is 18.0 Å². The first-order valence-corrected chi connectivity index (χ1v) is 8.41. The molecule has 0 heterocycles. The summed E-state index contributed by atoms with van der Waals surface area (Å²) in [5.74, 6) is -0.166. The zero-order valence-electron chi connectivity index (χ0n) is 14.6. The first-order chi connectivity index (χ1) is 12.1. The number of rotatable bonds is 5. The maximum absolute atomic E-state index is 13.1. The van der Waals surface area contributed by atoms with Gasteiger partial charge in [-0.05, 0) is 61.7 Å². The van der Waals surface area contributed by atoms with Crippen LogP contribution in [0.1, 0.15) is 30.0 Å². The fraction of sp³-hybridized carbons (Fsp3) is 0.316. The molecule has 0 bridgehead atoms. The van der Waals surface area contributed by atoms with Crippen LogP contribution in [0.2, 0.25) is 5.02 Å². The second-order valence-corrected chi connectivity index (χ2v) is 6.37. The molecular formula is C19H19ClF3NO2. The van der Waals surface area contributed by atoms with Gasteiger partial charge in [0.2, 0.25) is 0 Å². The summed E-state index contributed by atoms with van der Waals surface area (Å²) in [5, 5.41) is 2.24. The van der Waals surface area contributed by atoms with Gasteiger partial charge in [-0.15, -0.1) is 0 Å². The third-order valence-electron chi connectivity index (χ3n) is 3.96. The molecule has 1 atom stereocenters. The lowest BCUT2D eigenvalue weighted by molar-refractivity contribution is -0.137. The molecule has 0 radical (unpaired) electrons. The Hall–Kier alpha value is -2.21. The predicted octanol–water partition coefficient (Wildman–Crippen LogP) is 5.77. The molecular weight excluding hydrogens is 367 g/mol. The molecule has 0 aliphatic rings. The van der Waals surface area contributed by atoms with Crippen LogP contribution in [0.25, 0.3) is 0 Å². The summed E-state index contributed by atoms with van der Waals surface area (Å²) in [6.45, 7) is 5.58. The number of amides is 1. The van der Waals surface area contributed by atoms with Gasteiger partial charge in [0.05, 0.1) is 11.3 Å². The van der Waals surface area contributed by atoms with E-state index in [1.54, 1.807) is 19.1 Å². The summed E-state index contributed by atoms with van der Waals surface area (Å²) in [6.07, 6.45) is -5.26. The van der Waals surface area contributed by atoms with E-state index in [2.05, 4.69) is 5.32 Å². The number of halogens is 4. The van der Waals surface area contributed by atoms with Crippen molar-refractivity contribution in [3.63, 3.8) is 0 Å². The van der Waals surface area contributed by atoms with Crippen LogP contribution < -0.4 is 10.1 Å². The molecule has 0 fully saturated rings. The molecule has 0 aliphatic heterocycles. The number of benzene rings is 2. The largest absolute Gasteiger partial charge is 0.481 e. The van der Waals surface area contributed by atoms with Crippen molar-refractivity contribution in [2.45, 2.75) is 39.5 Å². The zero-order valence-corrected chi connectivity index (χ0v) is 15.3. The number of anilines is 1. The Bertz CT molecular complexity index is 806. The molecule has 2 aromatic carbocycles. The first kappa shape index (κ1) is 20.1. The third-order valence-corrected chi connectivity index (χ3v) is 4.20. The number of aryl methyl sites for hydroxylation is 2. The van der Waals surface area contributed by atoms with Crippen LogP contribution >= 0.6 is 11.6 Å². The maximum Gasteiger partial charge on any atom is 0.418 e. The predicted molar refractivity (Wildman–Crippen MR) is 95.7 cm³/mol. The highest BCUT2D eigenvalue weighted by Crippen LogP contribution is 2.36. The SMILES string of the molecule is CC[C@H](Oc1ccc(C)c(C)c1)C(=O)Nc1ccc(Cl)cc1C(F)(F)F. The van der Waals surface area contributed by atoms with Crippen LogP contribution in [0.15, 0.2) is 36.4 Å². The molecule has 0 aromatic heterocycles. The number of carbonyl (C=O) groups excluding carboxylic acids is 1. The van der Waals surface area contributed by atoms with E-state index in [1.807, 2.05) is 19.9 Å². The average molecular weight is 386 g/mol. The van der Waals surface area contributed by atoms with Gasteiger partial charge in [0.15, 0.2) is 6.10 Å². The van der Waals surface area contributed by atoms with Gasteiger partial charge < -0.3 is 10.1 Å². The van der Waals surface area contributed by atoms with Crippen LogP contribution in [-0.4, -0.2) is 12.0 Å². The number of alkyl halides is 3. The highest BCUT2D eigenvalue weighted by molar-refractivity contribution is 6.30. The van der Waals surface area contributed by atoms with Crippen molar-refractivity contribution in [3.8, 4) is 5.75 Å². The Balaban J connectivity index is 2.20. The standard InChI is InChI=1S/C19H19ClF3NO2/c1-4-17(26-14-7-5-11(2)12(3)9-14)18(25)24-16-8-6-13(20)10-15(16)19(21,22)23/h5-10,17H,4H2,1-3H3,(H,24,25)/t17-/m0/s1. The van der Waals surface area contributed by atoms with Gasteiger partial charge in [-0.3, -0.25) is 4.79 Å². The molecule has 0 saturated heterocycles. The van der Waals surface area contributed by atoms with Gasteiger partial charge in [-0.2, -0.15) is 13.2 Å². The lowest BCUT2D eigenvalue weighted by atomic mass is 10.1. The minimum absolute atomic E-state index is 0.0613. The Morgan fingerprint density at radius 2 is 1.85 bits per heavy atom. The van der Waals surface area contributed by atoms with Gasteiger partial charge in [-0.1, -0.05) is 24.6 Å². The maximum atomic E-state index is 13.1. The molecule has 140 valence electrons. The van der Waals surface area contributed by atoms with Crippen LogP contribution in [0.5, 0.6) is 5.75 Å². The minimum Gasteiger partial charge on any atom is -0.481 e. The van der Waals surface area contributed by atoms with E-state index in [4.69, 9.17) is 16.3 Å². The van der Waals surface area contributed by atoms with Gasteiger partial charge in [0.25, 0.3) is 5.91 Å². The van der Waals surface area contributed by atoms with E-state index in [0.29, 0.717) is 12.2 Å². The molecule has 0 aliphatic carbocycles. The van der Waals surface area contributed by atoms with Gasteiger partial charge in [0.1, 0.15) is 5.75 Å². The monoisotopic (exact) mass is 385 g/mol. The molecule has 1 N–H and O–H groups in total. The fourth-order valence-electron chi connectivity index (χ4n) is 2.35. The van der Waals surface area contributed by atoms with Gasteiger partial charge in [-0.25, -0.2) is 0 Å². The number of carbonyl (C=O) groups is 1. The van der Waals surface area contributed by atoms with Crippen LogP contribution in [-0.2, 0) is 11.0 Å². The average Bonchev–Trinajstić information content (AvgIpc) is 2.56. The number of ether oxygens (including phenoxy) is 1. The van der Waals surface area contributed by atoms with Gasteiger partial charge in [0, 0.05) is 5.02 Å². The lowest BCUT2D eigenvalue weighted by Gasteiger charge is -2.20. The third kappa shape index (κ3) is 4.91.